The third-order valence-corrected chi connectivity index (χ3v) is 5.07. The molecule has 0 unspecified atom stereocenters. The smallest absolute Gasteiger partial charge is 0.363 e. The van der Waals surface area contributed by atoms with Crippen LogP contribution in [0.3, 0.4) is 0 Å². The Bertz CT molecular complexity index is 1220. The molecule has 0 bridgehead atoms. The standard InChI is InChI=1S/C26H22ClNO5/c1-3-31-24-14-18(9-12-23(24)32-16-17-7-10-20(27)11-8-17)13-22-26(29)33-25(28-22)19-5-4-6-21(15-19)30-2/h4-15H,3,16H2,1-2H3/b22-13+. The largest absolute Gasteiger partial charge is 0.497 e. The first-order chi connectivity index (χ1) is 16.1. The van der Waals surface area contributed by atoms with Gasteiger partial charge in [0.25, 0.3) is 0 Å². The molecule has 0 radical (unpaired) electrons. The summed E-state index contributed by atoms with van der Waals surface area (Å²) in [4.78, 5) is 16.7. The summed E-state index contributed by atoms with van der Waals surface area (Å²) in [5.74, 6) is 1.54. The van der Waals surface area contributed by atoms with E-state index in [0.29, 0.717) is 41.0 Å². The molecule has 0 fully saturated rings. The van der Waals surface area contributed by atoms with Crippen LogP contribution >= 0.6 is 11.6 Å². The van der Waals surface area contributed by atoms with E-state index in [1.807, 2.05) is 49.4 Å². The first-order valence-electron chi connectivity index (χ1n) is 10.4. The normalized spacial score (nSPS) is 14.1. The zero-order chi connectivity index (χ0) is 23.2. The first-order valence-corrected chi connectivity index (χ1v) is 10.7. The second-order valence-electron chi connectivity index (χ2n) is 7.12. The highest BCUT2D eigenvalue weighted by Gasteiger charge is 2.24. The summed E-state index contributed by atoms with van der Waals surface area (Å²) in [5.41, 5.74) is 2.58. The van der Waals surface area contributed by atoms with Gasteiger partial charge in [0, 0.05) is 10.6 Å². The molecule has 1 aliphatic rings. The maximum absolute atomic E-state index is 12.4. The Hall–Kier alpha value is -3.77. The number of halogens is 1. The Kier molecular flexibility index (Phi) is 6.95. The summed E-state index contributed by atoms with van der Waals surface area (Å²) in [7, 11) is 1.58. The quantitative estimate of drug-likeness (QED) is 0.318. The maximum atomic E-state index is 12.4. The van der Waals surface area contributed by atoms with Crippen LogP contribution in [0.2, 0.25) is 5.02 Å². The summed E-state index contributed by atoms with van der Waals surface area (Å²) in [6, 6.07) is 20.1. The summed E-state index contributed by atoms with van der Waals surface area (Å²) >= 11 is 5.94. The average Bonchev–Trinajstić information content (AvgIpc) is 3.20. The zero-order valence-corrected chi connectivity index (χ0v) is 19.0. The number of ether oxygens (including phenoxy) is 4. The maximum Gasteiger partial charge on any atom is 0.363 e. The summed E-state index contributed by atoms with van der Waals surface area (Å²) in [6.45, 7) is 2.74. The lowest BCUT2D eigenvalue weighted by molar-refractivity contribution is -0.129. The van der Waals surface area contributed by atoms with Crippen LogP contribution < -0.4 is 14.2 Å². The van der Waals surface area contributed by atoms with Gasteiger partial charge in [-0.3, -0.25) is 0 Å². The van der Waals surface area contributed by atoms with E-state index in [0.717, 1.165) is 11.1 Å². The van der Waals surface area contributed by atoms with Gasteiger partial charge in [0.2, 0.25) is 5.90 Å². The lowest BCUT2D eigenvalue weighted by Crippen LogP contribution is -2.05. The summed E-state index contributed by atoms with van der Waals surface area (Å²) in [6.07, 6.45) is 1.65. The van der Waals surface area contributed by atoms with Crippen LogP contribution in [0, 0.1) is 0 Å². The van der Waals surface area contributed by atoms with Crippen LogP contribution in [0.5, 0.6) is 17.2 Å². The number of cyclic esters (lactones) is 1. The molecular formula is C26H22ClNO5. The van der Waals surface area contributed by atoms with Crippen LogP contribution in [0.15, 0.2) is 77.4 Å². The molecule has 168 valence electrons. The van der Waals surface area contributed by atoms with Crippen molar-refractivity contribution in [3.05, 3.63) is 94.1 Å². The third-order valence-electron chi connectivity index (χ3n) is 4.82. The van der Waals surface area contributed by atoms with Crippen LogP contribution in [0.4, 0.5) is 0 Å². The number of hydrogen-bond acceptors (Lipinski definition) is 6. The number of benzene rings is 3. The fourth-order valence-electron chi connectivity index (χ4n) is 3.19. The topological polar surface area (TPSA) is 66.3 Å². The van der Waals surface area contributed by atoms with Crippen LogP contribution in [-0.4, -0.2) is 25.6 Å². The van der Waals surface area contributed by atoms with Crippen molar-refractivity contribution in [1.82, 2.24) is 0 Å². The van der Waals surface area contributed by atoms with Crippen molar-refractivity contribution in [1.29, 1.82) is 0 Å². The Labute approximate surface area is 197 Å². The van der Waals surface area contributed by atoms with Crippen molar-refractivity contribution in [3.63, 3.8) is 0 Å². The van der Waals surface area contributed by atoms with Crippen LogP contribution in [-0.2, 0) is 16.1 Å². The van der Waals surface area contributed by atoms with Gasteiger partial charge >= 0.3 is 5.97 Å². The molecule has 0 amide bonds. The van der Waals surface area contributed by atoms with Gasteiger partial charge in [-0.25, -0.2) is 9.79 Å². The van der Waals surface area contributed by atoms with E-state index in [1.54, 1.807) is 37.5 Å². The van der Waals surface area contributed by atoms with Gasteiger partial charge in [0.15, 0.2) is 17.2 Å². The first kappa shape index (κ1) is 22.4. The Morgan fingerprint density at radius 1 is 1.00 bits per heavy atom. The molecule has 0 aliphatic carbocycles. The van der Waals surface area contributed by atoms with E-state index >= 15 is 0 Å². The summed E-state index contributed by atoms with van der Waals surface area (Å²) in [5, 5.41) is 0.675. The van der Waals surface area contributed by atoms with E-state index in [4.69, 9.17) is 30.5 Å². The van der Waals surface area contributed by atoms with E-state index in [1.165, 1.54) is 0 Å². The molecule has 3 aromatic carbocycles. The summed E-state index contributed by atoms with van der Waals surface area (Å²) < 4.78 is 22.3. The predicted octanol–water partition coefficient (Wildman–Crippen LogP) is 5.67. The van der Waals surface area contributed by atoms with Crippen LogP contribution in [0.25, 0.3) is 6.08 Å². The minimum absolute atomic E-state index is 0.199. The predicted molar refractivity (Wildman–Crippen MR) is 127 cm³/mol. The molecule has 3 aromatic rings. The molecular weight excluding hydrogens is 442 g/mol. The minimum atomic E-state index is -0.520. The van der Waals surface area contributed by atoms with Crippen molar-refractivity contribution in [3.8, 4) is 17.2 Å². The van der Waals surface area contributed by atoms with E-state index in [9.17, 15) is 4.79 Å². The molecule has 0 aromatic heterocycles. The average molecular weight is 464 g/mol. The molecule has 4 rings (SSSR count). The number of aliphatic imine (C=N–C) groups is 1. The number of carbonyl (C=O) groups is 1. The van der Waals surface area contributed by atoms with Gasteiger partial charge in [0.05, 0.1) is 13.7 Å². The number of hydrogen-bond donors (Lipinski definition) is 0. The second-order valence-corrected chi connectivity index (χ2v) is 7.56. The third kappa shape index (κ3) is 5.54. The van der Waals surface area contributed by atoms with Gasteiger partial charge < -0.3 is 18.9 Å². The molecule has 7 heteroatoms. The number of esters is 1. The molecule has 0 spiro atoms. The zero-order valence-electron chi connectivity index (χ0n) is 18.2. The van der Waals surface area contributed by atoms with Crippen molar-refractivity contribution < 1.29 is 23.7 Å². The van der Waals surface area contributed by atoms with Gasteiger partial charge in [0.1, 0.15) is 12.4 Å². The highest BCUT2D eigenvalue weighted by molar-refractivity contribution is 6.30. The number of rotatable bonds is 8. The Morgan fingerprint density at radius 3 is 2.58 bits per heavy atom. The molecule has 0 saturated carbocycles. The fourth-order valence-corrected chi connectivity index (χ4v) is 3.32. The van der Waals surface area contributed by atoms with Crippen molar-refractivity contribution in [2.24, 2.45) is 4.99 Å². The van der Waals surface area contributed by atoms with Crippen molar-refractivity contribution >= 4 is 29.5 Å². The molecule has 0 atom stereocenters. The molecule has 1 heterocycles. The lowest BCUT2D eigenvalue weighted by Gasteiger charge is -2.13. The van der Waals surface area contributed by atoms with Gasteiger partial charge in [-0.05, 0) is 66.6 Å². The highest BCUT2D eigenvalue weighted by atomic mass is 35.5. The fraction of sp³-hybridized carbons (Fsp3) is 0.154. The van der Waals surface area contributed by atoms with E-state index < -0.39 is 5.97 Å². The van der Waals surface area contributed by atoms with E-state index in [2.05, 4.69) is 4.99 Å². The van der Waals surface area contributed by atoms with Gasteiger partial charge in [-0.15, -0.1) is 0 Å². The Balaban J connectivity index is 1.55. The van der Waals surface area contributed by atoms with Gasteiger partial charge in [-0.2, -0.15) is 0 Å². The molecule has 33 heavy (non-hydrogen) atoms. The molecule has 0 N–H and O–H groups in total. The van der Waals surface area contributed by atoms with Crippen LogP contribution in [0.1, 0.15) is 23.6 Å². The number of methoxy groups -OCH3 is 1. The number of carbonyl (C=O) groups excluding carboxylic acids is 1. The van der Waals surface area contributed by atoms with Crippen molar-refractivity contribution in [2.45, 2.75) is 13.5 Å². The van der Waals surface area contributed by atoms with Gasteiger partial charge in [-0.1, -0.05) is 35.9 Å². The minimum Gasteiger partial charge on any atom is -0.497 e. The Morgan fingerprint density at radius 2 is 1.82 bits per heavy atom. The monoisotopic (exact) mass is 463 g/mol. The highest BCUT2D eigenvalue weighted by Crippen LogP contribution is 2.31. The van der Waals surface area contributed by atoms with E-state index in [-0.39, 0.29) is 11.6 Å². The SMILES string of the molecule is CCOc1cc(/C=C2/N=C(c3cccc(OC)c3)OC2=O)ccc1OCc1ccc(Cl)cc1. The number of nitrogens with zero attached hydrogens (tertiary/aromatic N) is 1. The molecule has 1 aliphatic heterocycles. The lowest BCUT2D eigenvalue weighted by atomic mass is 10.1. The molecule has 6 nitrogen and oxygen atoms in total. The molecule has 0 saturated heterocycles. The van der Waals surface area contributed by atoms with Crippen molar-refractivity contribution in [2.75, 3.05) is 13.7 Å². The second kappa shape index (κ2) is 10.2.